The molecule has 9 amide bonds. The van der Waals surface area contributed by atoms with Gasteiger partial charge in [0.1, 0.15) is 103 Å². The molecule has 34 heteroatoms. The van der Waals surface area contributed by atoms with E-state index < -0.39 is 202 Å². The minimum Gasteiger partial charge on any atom is -0.508 e. The molecule has 18 N–H and O–H groups in total. The number of nitrogens with two attached hydrogens (primary N) is 1. The van der Waals surface area contributed by atoms with Gasteiger partial charge in [0.25, 0.3) is 0 Å². The van der Waals surface area contributed by atoms with E-state index in [1.165, 1.54) is 49.5 Å². The first-order valence-corrected chi connectivity index (χ1v) is 40.0. The second-order valence-corrected chi connectivity index (χ2v) is 33.4. The number of aromatic hydroxyl groups is 1. The highest BCUT2D eigenvalue weighted by Gasteiger charge is 2.53. The standard InChI is InChI=1S/C85H87Cl2N9O23/c1-34(2)18-56(96(3)84(112)115-33-50-46-10-6-4-8-44(46)45-9-5-7-11-47(45)50)77(106)94-68-70(100)38-13-16-57(53(86)25-38)116-59-27-42-28-60(75(59)119-83-74(104)73(103)72(102)61(32-97)118-83)117-58-17-14-39(26-54(58)87)71(101)69-82(111)93-67(80(109)90-64-40-20-35-19-36(22-40)23-41(64)21-35)49-29-43(98)30-52-63(49)48-24-37(12-15-51(48)85(52,113)114)65(78(107)95-69)92-79(108)66(42)91-76(105)55(31-62(88)99)89-81(68)110/h4-17,24-30,34-36,40-41,50,55-56,61,64-74,83,97-98,100-104,113-114H,18-23,31-33H2,1-3H3,(H2,88,99)(H,89,110)(H,90,109)(H,91,105)(H,92,108)(H,93,111)(H,94,106)(H,95,107)/t35?,36?,40?,41?,55-,56+,61+,64?,65+,66+,67-,68+,69-,70+,71+,72+,73-,74+,83-/m0/s1. The number of amides is 9. The molecule has 7 aromatic rings. The van der Waals surface area contributed by atoms with E-state index in [0.29, 0.717) is 11.8 Å². The van der Waals surface area contributed by atoms with Gasteiger partial charge in [0.15, 0.2) is 11.5 Å². The second kappa shape index (κ2) is 32.3. The van der Waals surface area contributed by atoms with E-state index in [0.717, 1.165) is 95.7 Å². The van der Waals surface area contributed by atoms with Crippen molar-refractivity contribution in [2.24, 2.45) is 35.3 Å². The van der Waals surface area contributed by atoms with Crippen LogP contribution in [0.4, 0.5) is 4.79 Å². The Morgan fingerprint density at radius 1 is 0.613 bits per heavy atom. The molecular weight excluding hydrogens is 1590 g/mol. The Balaban J connectivity index is 0.819. The van der Waals surface area contributed by atoms with E-state index in [4.69, 9.17) is 52.6 Å². The van der Waals surface area contributed by atoms with Gasteiger partial charge in [0.2, 0.25) is 65.1 Å². The minimum absolute atomic E-state index is 0.0691. The lowest BCUT2D eigenvalue weighted by Gasteiger charge is -2.54. The SMILES string of the molecule is CC(C)C[C@H](C(=O)N[C@H]1C(=O)N[C@@H](CC(N)=O)C(=O)N[C@H]2C(=O)N[C@H]3C(=O)N[C@H](C(=O)N[C@H](C(=O)NC4C5CC6CC(C5)CC4C6)c4cc(O)cc5c4-c4cc3ccc4C5(O)O)[C@H](O)c3ccc(c(Cl)c3)Oc3cc2cc(c3O[C@@H]2O[C@H](CO)[C@@H](O)[C@H](O)[C@H]2O)Oc2ccc(cc2Cl)[C@H]1O)N(C)C(=O)OCC1c2ccccc2-c2ccccc21. The smallest absolute Gasteiger partial charge is 0.410 e. The van der Waals surface area contributed by atoms with Crippen molar-refractivity contribution in [3.05, 3.63) is 188 Å². The molecule has 32 nitrogen and oxygen atoms in total. The largest absolute Gasteiger partial charge is 0.508 e. The molecule has 15 bridgehead atoms. The number of carbonyl (C=O) groups excluding carboxylic acids is 9. The lowest BCUT2D eigenvalue weighted by Crippen LogP contribution is -2.60. The zero-order valence-corrected chi connectivity index (χ0v) is 65.6. The molecule has 6 aliphatic heterocycles. The van der Waals surface area contributed by atoms with Crippen molar-refractivity contribution in [1.82, 2.24) is 42.1 Å². The highest BCUT2D eigenvalue weighted by molar-refractivity contribution is 6.32. The van der Waals surface area contributed by atoms with Gasteiger partial charge in [-0.3, -0.25) is 43.3 Å². The second-order valence-electron chi connectivity index (χ2n) is 32.6. The van der Waals surface area contributed by atoms with Crippen molar-refractivity contribution >= 4 is 76.6 Å². The first kappa shape index (κ1) is 81.7. The van der Waals surface area contributed by atoms with Gasteiger partial charge in [-0.15, -0.1) is 0 Å². The number of primary amides is 1. The van der Waals surface area contributed by atoms with E-state index in [1.54, 1.807) is 13.8 Å². The van der Waals surface area contributed by atoms with Gasteiger partial charge in [-0.2, -0.15) is 0 Å². The lowest BCUT2D eigenvalue weighted by atomic mass is 9.54. The summed E-state index contributed by atoms with van der Waals surface area (Å²) >= 11 is 14.3. The summed E-state index contributed by atoms with van der Waals surface area (Å²) in [6.45, 7) is 2.41. The topological polar surface area (TPSA) is 495 Å². The van der Waals surface area contributed by atoms with Gasteiger partial charge in [0.05, 0.1) is 23.1 Å². The fourth-order valence-corrected chi connectivity index (χ4v) is 19.2. The predicted molar refractivity (Wildman–Crippen MR) is 420 cm³/mol. The van der Waals surface area contributed by atoms with Crippen LogP contribution in [0.25, 0.3) is 22.3 Å². The van der Waals surface area contributed by atoms with Gasteiger partial charge in [-0.05, 0) is 184 Å². The Labute approximate surface area is 689 Å². The fourth-order valence-electron chi connectivity index (χ4n) is 18.8. The number of hydrogen-bond donors (Lipinski definition) is 17. The number of rotatable bonds is 14. The maximum Gasteiger partial charge on any atom is 0.410 e. The Morgan fingerprint density at radius 2 is 1.20 bits per heavy atom. The average Bonchev–Trinajstić information content (AvgIpc) is 1.56. The Morgan fingerprint density at radius 3 is 1.81 bits per heavy atom. The van der Waals surface area contributed by atoms with Crippen LogP contribution in [0.5, 0.6) is 34.5 Å². The molecule has 7 aromatic carbocycles. The molecule has 14 atom stereocenters. The number of ether oxygens (including phenoxy) is 5. The maximum atomic E-state index is 16.4. The highest BCUT2D eigenvalue weighted by atomic mass is 35.5. The van der Waals surface area contributed by atoms with Crippen LogP contribution in [0.2, 0.25) is 10.0 Å². The van der Waals surface area contributed by atoms with Crippen molar-refractivity contribution in [3.8, 4) is 56.8 Å². The third kappa shape index (κ3) is 15.4. The third-order valence-electron chi connectivity index (χ3n) is 24.5. The number of carbonyl (C=O) groups is 9. The summed E-state index contributed by atoms with van der Waals surface area (Å²) in [4.78, 5) is 139. The van der Waals surface area contributed by atoms with Crippen LogP contribution in [0.3, 0.4) is 0 Å². The summed E-state index contributed by atoms with van der Waals surface area (Å²) in [5.74, 6) is -15.7. The number of halogens is 2. The van der Waals surface area contributed by atoms with Crippen molar-refractivity contribution in [1.29, 1.82) is 0 Å². The Hall–Kier alpha value is -11.0. The van der Waals surface area contributed by atoms with Crippen molar-refractivity contribution < 1.29 is 113 Å². The van der Waals surface area contributed by atoms with E-state index in [-0.39, 0.29) is 92.8 Å². The minimum atomic E-state index is -2.97. The highest BCUT2D eigenvalue weighted by Crippen LogP contribution is 2.56. The summed E-state index contributed by atoms with van der Waals surface area (Å²) in [5, 5.41) is 124. The van der Waals surface area contributed by atoms with Crippen LogP contribution in [-0.4, -0.2) is 185 Å². The zero-order valence-electron chi connectivity index (χ0n) is 64.1. The number of likely N-dealkylation sites (N-methyl/N-ethyl adjacent to an activating group) is 1. The first-order chi connectivity index (χ1) is 56.8. The molecule has 119 heavy (non-hydrogen) atoms. The lowest BCUT2D eigenvalue weighted by molar-refractivity contribution is -0.277. The van der Waals surface area contributed by atoms with Crippen molar-refractivity contribution in [2.45, 2.75) is 162 Å². The summed E-state index contributed by atoms with van der Waals surface area (Å²) in [6.07, 6.45) is -11.9. The summed E-state index contributed by atoms with van der Waals surface area (Å²) < 4.78 is 31.4. The van der Waals surface area contributed by atoms with Gasteiger partial charge in [-0.25, -0.2) is 4.79 Å². The number of hydrogen-bond acceptors (Lipinski definition) is 23. The predicted octanol–water partition coefficient (Wildman–Crippen LogP) is 4.47. The van der Waals surface area contributed by atoms with Crippen LogP contribution in [-0.2, 0) is 53.6 Å². The maximum absolute atomic E-state index is 16.4. The molecule has 0 aromatic heterocycles. The van der Waals surface area contributed by atoms with Crippen molar-refractivity contribution in [3.63, 3.8) is 0 Å². The van der Waals surface area contributed by atoms with Crippen LogP contribution >= 0.6 is 23.2 Å². The number of benzene rings is 7. The summed E-state index contributed by atoms with van der Waals surface area (Å²) in [6, 6.07) is 15.5. The number of phenolic OH excluding ortho intramolecular Hbond substituents is 1. The molecule has 6 aliphatic carbocycles. The number of aliphatic hydroxyl groups is 8. The fraction of sp³-hybridized carbons (Fsp3) is 0.400. The molecule has 624 valence electrons. The summed E-state index contributed by atoms with van der Waals surface area (Å²) in [7, 11) is 1.31. The molecule has 4 saturated carbocycles. The monoisotopic (exact) mass is 1670 g/mol. The van der Waals surface area contributed by atoms with Gasteiger partial charge in [-0.1, -0.05) is 110 Å². The zero-order chi connectivity index (χ0) is 84.2. The van der Waals surface area contributed by atoms with Crippen LogP contribution in [0.1, 0.15) is 145 Å². The number of phenols is 1. The molecule has 0 radical (unpaired) electrons. The molecule has 6 heterocycles. The van der Waals surface area contributed by atoms with Gasteiger partial charge >= 0.3 is 6.09 Å². The Kier molecular flexibility index (Phi) is 22.2. The van der Waals surface area contributed by atoms with Crippen LogP contribution < -0.4 is 57.2 Å². The van der Waals surface area contributed by atoms with E-state index >= 15 is 33.6 Å². The molecule has 0 spiro atoms. The molecular formula is C85H87Cl2N9O23. The third-order valence-corrected chi connectivity index (χ3v) is 25.0. The first-order valence-electron chi connectivity index (χ1n) is 39.2. The van der Waals surface area contributed by atoms with E-state index in [2.05, 4.69) is 37.2 Å². The summed E-state index contributed by atoms with van der Waals surface area (Å²) in [5.41, 5.74) is 7.46. The van der Waals surface area contributed by atoms with E-state index in [9.17, 15) is 55.5 Å². The number of fused-ring (bicyclic) bond motifs is 15. The molecule has 5 fully saturated rings. The van der Waals surface area contributed by atoms with Crippen LogP contribution in [0.15, 0.2) is 127 Å². The van der Waals surface area contributed by atoms with E-state index in [1.807, 2.05) is 48.5 Å². The quantitative estimate of drug-likeness (QED) is 0.0668. The number of aliphatic hydroxyl groups excluding tert-OH is 6. The Bertz CT molecular complexity index is 5230. The average molecular weight is 1670 g/mol. The van der Waals surface area contributed by atoms with Crippen molar-refractivity contribution in [2.75, 3.05) is 20.3 Å². The van der Waals surface area contributed by atoms with Crippen LogP contribution in [0, 0.1) is 29.6 Å². The number of nitrogens with zero attached hydrogens (tertiary/aromatic N) is 1. The molecule has 19 rings (SSSR count). The molecule has 0 unspecified atom stereocenters. The van der Waals surface area contributed by atoms with Gasteiger partial charge < -0.3 is 113 Å². The normalized spacial score (nSPS) is 28.5. The van der Waals surface area contributed by atoms with Gasteiger partial charge in [0, 0.05) is 30.1 Å². The molecule has 12 aliphatic rings. The number of nitrogens with one attached hydrogen (secondary N) is 7. The molecule has 1 saturated heterocycles.